The second-order valence-electron chi connectivity index (χ2n) is 3.71. The third-order valence-corrected chi connectivity index (χ3v) is 2.27. The van der Waals surface area contributed by atoms with Crippen molar-refractivity contribution < 1.29 is 8.78 Å². The number of amidine groups is 1. The molecule has 1 rings (SSSR count). The number of hydrogen-bond acceptors (Lipinski definition) is 2. The summed E-state index contributed by atoms with van der Waals surface area (Å²) in [5, 5.41) is 7.39. The average Bonchev–Trinajstić information content (AvgIpc) is 2.15. The molecule has 0 unspecified atom stereocenters. The molecule has 0 aliphatic rings. The lowest BCUT2D eigenvalue weighted by Gasteiger charge is -2.22. The van der Waals surface area contributed by atoms with Gasteiger partial charge in [0, 0.05) is 18.3 Å². The molecule has 0 heterocycles. The summed E-state index contributed by atoms with van der Waals surface area (Å²) >= 11 is 0. The molecule has 1 aromatic rings. The highest BCUT2D eigenvalue weighted by Crippen LogP contribution is 2.21. The standard InChI is InChI=1S/C11H15F2N3/c1-7-3-4-8(11(14)15)9(5-7)16(2)6-10(12)13/h3-5,10H,6H2,1-2H3,(H3,14,15). The Labute approximate surface area is 93.4 Å². The fraction of sp³-hybridized carbons (Fsp3) is 0.364. The minimum absolute atomic E-state index is 0.115. The van der Waals surface area contributed by atoms with Gasteiger partial charge >= 0.3 is 0 Å². The van der Waals surface area contributed by atoms with Crippen LogP contribution in [0.1, 0.15) is 11.1 Å². The summed E-state index contributed by atoms with van der Waals surface area (Å²) in [6.07, 6.45) is -2.41. The van der Waals surface area contributed by atoms with E-state index in [-0.39, 0.29) is 12.4 Å². The average molecular weight is 227 g/mol. The van der Waals surface area contributed by atoms with Crippen LogP contribution in [0.5, 0.6) is 0 Å². The van der Waals surface area contributed by atoms with Gasteiger partial charge in [-0.2, -0.15) is 0 Å². The monoisotopic (exact) mass is 227 g/mol. The van der Waals surface area contributed by atoms with Gasteiger partial charge < -0.3 is 10.6 Å². The predicted molar refractivity (Wildman–Crippen MR) is 61.5 cm³/mol. The van der Waals surface area contributed by atoms with Crippen LogP contribution in [0.2, 0.25) is 0 Å². The van der Waals surface area contributed by atoms with Crippen molar-refractivity contribution in [1.29, 1.82) is 5.41 Å². The van der Waals surface area contributed by atoms with Crippen molar-refractivity contribution in [2.75, 3.05) is 18.5 Å². The Morgan fingerprint density at radius 2 is 2.12 bits per heavy atom. The first kappa shape index (κ1) is 12.4. The van der Waals surface area contributed by atoms with Gasteiger partial charge in [-0.15, -0.1) is 0 Å². The third-order valence-electron chi connectivity index (χ3n) is 2.27. The largest absolute Gasteiger partial charge is 0.384 e. The molecule has 0 aromatic heterocycles. The van der Waals surface area contributed by atoms with Crippen LogP contribution < -0.4 is 10.6 Å². The van der Waals surface area contributed by atoms with Crippen LogP contribution in [0, 0.1) is 12.3 Å². The van der Waals surface area contributed by atoms with E-state index in [2.05, 4.69) is 0 Å². The van der Waals surface area contributed by atoms with Crippen LogP contribution in [0.25, 0.3) is 0 Å². The minimum atomic E-state index is -2.41. The summed E-state index contributed by atoms with van der Waals surface area (Å²) in [7, 11) is 1.56. The number of anilines is 1. The summed E-state index contributed by atoms with van der Waals surface area (Å²) in [5.74, 6) is -0.115. The Morgan fingerprint density at radius 3 is 2.62 bits per heavy atom. The van der Waals surface area contributed by atoms with Gasteiger partial charge in [-0.05, 0) is 24.6 Å². The molecule has 16 heavy (non-hydrogen) atoms. The molecule has 0 bridgehead atoms. The van der Waals surface area contributed by atoms with Crippen LogP contribution in [0.4, 0.5) is 14.5 Å². The zero-order chi connectivity index (χ0) is 12.3. The van der Waals surface area contributed by atoms with Gasteiger partial charge in [-0.3, -0.25) is 5.41 Å². The van der Waals surface area contributed by atoms with E-state index in [9.17, 15) is 8.78 Å². The summed E-state index contributed by atoms with van der Waals surface area (Å²) in [4.78, 5) is 1.41. The summed E-state index contributed by atoms with van der Waals surface area (Å²) in [5.41, 5.74) is 7.39. The van der Waals surface area contributed by atoms with Crippen molar-refractivity contribution >= 4 is 11.5 Å². The molecule has 1 aromatic carbocycles. The second kappa shape index (κ2) is 4.92. The number of aryl methyl sites for hydroxylation is 1. The Balaban J connectivity index is 3.09. The van der Waals surface area contributed by atoms with Crippen LogP contribution in [-0.2, 0) is 0 Å². The van der Waals surface area contributed by atoms with E-state index >= 15 is 0 Å². The second-order valence-corrected chi connectivity index (χ2v) is 3.71. The number of alkyl halides is 2. The molecule has 0 saturated heterocycles. The Bertz CT molecular complexity index is 391. The Morgan fingerprint density at radius 1 is 1.50 bits per heavy atom. The van der Waals surface area contributed by atoms with E-state index in [4.69, 9.17) is 11.1 Å². The number of nitrogens with two attached hydrogens (primary N) is 1. The number of nitrogen functional groups attached to an aromatic ring is 1. The van der Waals surface area contributed by atoms with Crippen LogP contribution in [-0.4, -0.2) is 25.9 Å². The number of benzene rings is 1. The zero-order valence-corrected chi connectivity index (χ0v) is 9.30. The van der Waals surface area contributed by atoms with Crippen molar-refractivity contribution in [3.8, 4) is 0 Å². The number of nitrogens with zero attached hydrogens (tertiary/aromatic N) is 1. The summed E-state index contributed by atoms with van der Waals surface area (Å²) in [6, 6.07) is 5.23. The van der Waals surface area contributed by atoms with E-state index in [1.807, 2.05) is 6.92 Å². The van der Waals surface area contributed by atoms with Gasteiger partial charge in [0.05, 0.1) is 6.54 Å². The van der Waals surface area contributed by atoms with Crippen molar-refractivity contribution in [1.82, 2.24) is 0 Å². The van der Waals surface area contributed by atoms with Gasteiger partial charge in [0.25, 0.3) is 6.43 Å². The maximum Gasteiger partial charge on any atom is 0.255 e. The van der Waals surface area contributed by atoms with E-state index in [0.717, 1.165) is 5.56 Å². The first-order valence-corrected chi connectivity index (χ1v) is 4.86. The molecular formula is C11H15F2N3. The van der Waals surface area contributed by atoms with E-state index in [1.54, 1.807) is 25.2 Å². The van der Waals surface area contributed by atoms with Crippen molar-refractivity contribution in [2.24, 2.45) is 5.73 Å². The summed E-state index contributed by atoms with van der Waals surface area (Å²) < 4.78 is 24.6. The highest BCUT2D eigenvalue weighted by molar-refractivity contribution is 6.00. The quantitative estimate of drug-likeness (QED) is 0.610. The Kier molecular flexibility index (Phi) is 3.82. The summed E-state index contributed by atoms with van der Waals surface area (Å²) in [6.45, 7) is 1.49. The molecule has 0 spiro atoms. The molecule has 3 N–H and O–H groups in total. The van der Waals surface area contributed by atoms with Crippen molar-refractivity contribution in [3.63, 3.8) is 0 Å². The third kappa shape index (κ3) is 2.92. The first-order chi connectivity index (χ1) is 7.41. The van der Waals surface area contributed by atoms with E-state index in [0.29, 0.717) is 11.3 Å². The molecule has 5 heteroatoms. The highest BCUT2D eigenvalue weighted by Gasteiger charge is 2.13. The van der Waals surface area contributed by atoms with Crippen LogP contribution in [0.15, 0.2) is 18.2 Å². The van der Waals surface area contributed by atoms with Gasteiger partial charge in [0.2, 0.25) is 0 Å². The molecular weight excluding hydrogens is 212 g/mol. The molecule has 3 nitrogen and oxygen atoms in total. The molecule has 0 radical (unpaired) electrons. The lowest BCUT2D eigenvalue weighted by Crippen LogP contribution is -2.27. The topological polar surface area (TPSA) is 53.1 Å². The fourth-order valence-electron chi connectivity index (χ4n) is 1.49. The van der Waals surface area contributed by atoms with Gasteiger partial charge in [-0.1, -0.05) is 6.07 Å². The number of rotatable bonds is 4. The lowest BCUT2D eigenvalue weighted by molar-refractivity contribution is 0.156. The maximum absolute atomic E-state index is 12.3. The van der Waals surface area contributed by atoms with Crippen LogP contribution in [0.3, 0.4) is 0 Å². The smallest absolute Gasteiger partial charge is 0.255 e. The van der Waals surface area contributed by atoms with Crippen molar-refractivity contribution in [3.05, 3.63) is 29.3 Å². The molecule has 0 saturated carbocycles. The van der Waals surface area contributed by atoms with Gasteiger partial charge in [0.1, 0.15) is 5.84 Å². The molecule has 0 atom stereocenters. The Hall–Kier alpha value is -1.65. The molecule has 0 aliphatic heterocycles. The fourth-order valence-corrected chi connectivity index (χ4v) is 1.49. The van der Waals surface area contributed by atoms with Gasteiger partial charge in [0.15, 0.2) is 0 Å². The zero-order valence-electron chi connectivity index (χ0n) is 9.30. The number of nitrogens with one attached hydrogen (secondary N) is 1. The van der Waals surface area contributed by atoms with E-state index in [1.165, 1.54) is 4.90 Å². The minimum Gasteiger partial charge on any atom is -0.384 e. The first-order valence-electron chi connectivity index (χ1n) is 4.86. The number of halogens is 2. The predicted octanol–water partition coefficient (Wildman–Crippen LogP) is 1.98. The van der Waals surface area contributed by atoms with E-state index < -0.39 is 6.43 Å². The van der Waals surface area contributed by atoms with Crippen molar-refractivity contribution in [2.45, 2.75) is 13.3 Å². The lowest BCUT2D eigenvalue weighted by atomic mass is 10.1. The molecule has 88 valence electrons. The molecule has 0 aliphatic carbocycles. The normalized spacial score (nSPS) is 10.6. The highest BCUT2D eigenvalue weighted by atomic mass is 19.3. The maximum atomic E-state index is 12.3. The van der Waals surface area contributed by atoms with Crippen LogP contribution >= 0.6 is 0 Å². The van der Waals surface area contributed by atoms with Gasteiger partial charge in [-0.25, -0.2) is 8.78 Å². The number of hydrogen-bond donors (Lipinski definition) is 2. The molecule has 0 amide bonds. The molecule has 0 fully saturated rings. The SMILES string of the molecule is Cc1ccc(C(=N)N)c(N(C)CC(F)F)c1.